The minimum atomic E-state index is -0.215. The third-order valence-corrected chi connectivity index (χ3v) is 7.14. The van der Waals surface area contributed by atoms with Gasteiger partial charge in [0.1, 0.15) is 5.75 Å². The Hall–Kier alpha value is -2.47. The van der Waals surface area contributed by atoms with Crippen molar-refractivity contribution in [3.05, 3.63) is 65.7 Å². The quantitative estimate of drug-likeness (QED) is 0.797. The van der Waals surface area contributed by atoms with Gasteiger partial charge in [0.25, 0.3) is 11.8 Å². The lowest BCUT2D eigenvalue weighted by Gasteiger charge is -2.44. The summed E-state index contributed by atoms with van der Waals surface area (Å²) in [6, 6.07) is 16.7. The molecule has 1 spiro atoms. The molecule has 2 aliphatic heterocycles. The highest BCUT2D eigenvalue weighted by molar-refractivity contribution is 8.00. The summed E-state index contributed by atoms with van der Waals surface area (Å²) in [5.74, 6) is 1.74. The number of amides is 2. The molecule has 2 saturated heterocycles. The molecule has 0 bridgehead atoms. The van der Waals surface area contributed by atoms with Crippen molar-refractivity contribution >= 4 is 23.6 Å². The molecular formula is C22H24N2O3S. The number of nitrogens with zero attached hydrogens (tertiary/aromatic N) is 2. The number of piperidine rings is 1. The molecule has 0 saturated carbocycles. The standard InChI is InChI=1S/C22H24N2O3S/c1-27-19-9-5-8-18(16-19)21(26)24-14-15-28-22(24)10-12-23(13-11-22)20(25)17-6-3-2-4-7-17/h2-9,16H,10-15H2,1H3. The fourth-order valence-corrected chi connectivity index (χ4v) is 5.50. The Balaban J connectivity index is 1.48. The maximum Gasteiger partial charge on any atom is 0.255 e. The van der Waals surface area contributed by atoms with Crippen molar-refractivity contribution in [2.24, 2.45) is 0 Å². The molecule has 2 aliphatic rings. The van der Waals surface area contributed by atoms with Gasteiger partial charge in [-0.15, -0.1) is 11.8 Å². The highest BCUT2D eigenvalue weighted by Gasteiger charge is 2.47. The fourth-order valence-electron chi connectivity index (χ4n) is 4.04. The fraction of sp³-hybridized carbons (Fsp3) is 0.364. The summed E-state index contributed by atoms with van der Waals surface area (Å²) in [4.78, 5) is 29.6. The van der Waals surface area contributed by atoms with Crippen LogP contribution in [0.3, 0.4) is 0 Å². The largest absolute Gasteiger partial charge is 0.497 e. The molecule has 0 atom stereocenters. The number of carbonyl (C=O) groups is 2. The van der Waals surface area contributed by atoms with Crippen molar-refractivity contribution in [3.63, 3.8) is 0 Å². The summed E-state index contributed by atoms with van der Waals surface area (Å²) in [6.45, 7) is 2.08. The molecule has 0 N–H and O–H groups in total. The van der Waals surface area contributed by atoms with Crippen molar-refractivity contribution in [1.82, 2.24) is 9.80 Å². The first kappa shape index (κ1) is 18.9. The van der Waals surface area contributed by atoms with Crippen LogP contribution in [-0.4, -0.2) is 59.0 Å². The van der Waals surface area contributed by atoms with Gasteiger partial charge in [-0.2, -0.15) is 0 Å². The van der Waals surface area contributed by atoms with E-state index in [0.29, 0.717) is 24.4 Å². The van der Waals surface area contributed by atoms with E-state index in [9.17, 15) is 9.59 Å². The number of likely N-dealkylation sites (tertiary alicyclic amines) is 1. The number of benzene rings is 2. The predicted molar refractivity (Wildman–Crippen MR) is 111 cm³/mol. The average molecular weight is 397 g/mol. The lowest BCUT2D eigenvalue weighted by atomic mass is 10.00. The zero-order valence-corrected chi connectivity index (χ0v) is 16.8. The van der Waals surface area contributed by atoms with Gasteiger partial charge in [0.05, 0.1) is 12.0 Å². The molecule has 0 aromatic heterocycles. The maximum absolute atomic E-state index is 13.2. The van der Waals surface area contributed by atoms with Crippen molar-refractivity contribution in [3.8, 4) is 5.75 Å². The molecule has 2 fully saturated rings. The molecule has 2 amide bonds. The van der Waals surface area contributed by atoms with E-state index in [4.69, 9.17) is 4.74 Å². The molecule has 2 aromatic rings. The first-order valence-electron chi connectivity index (χ1n) is 9.57. The molecule has 2 aromatic carbocycles. The number of thioether (sulfide) groups is 1. The van der Waals surface area contributed by atoms with E-state index in [2.05, 4.69) is 0 Å². The summed E-state index contributed by atoms with van der Waals surface area (Å²) in [7, 11) is 1.61. The Labute approximate surface area is 169 Å². The van der Waals surface area contributed by atoms with E-state index >= 15 is 0 Å². The summed E-state index contributed by atoms with van der Waals surface area (Å²) < 4.78 is 5.27. The third-order valence-electron chi connectivity index (χ3n) is 5.59. The Morgan fingerprint density at radius 1 is 0.929 bits per heavy atom. The highest BCUT2D eigenvalue weighted by atomic mass is 32.2. The second-order valence-electron chi connectivity index (χ2n) is 7.14. The maximum atomic E-state index is 13.2. The Morgan fingerprint density at radius 2 is 1.64 bits per heavy atom. The molecular weight excluding hydrogens is 372 g/mol. The Kier molecular flexibility index (Phi) is 5.31. The minimum absolute atomic E-state index is 0.0479. The number of ether oxygens (including phenoxy) is 1. The molecule has 0 aliphatic carbocycles. The molecule has 5 nitrogen and oxygen atoms in total. The van der Waals surface area contributed by atoms with Crippen molar-refractivity contribution in [2.75, 3.05) is 32.5 Å². The normalized spacial score (nSPS) is 18.3. The van der Waals surface area contributed by atoms with Crippen LogP contribution in [0, 0.1) is 0 Å². The van der Waals surface area contributed by atoms with Crippen LogP contribution < -0.4 is 4.74 Å². The van der Waals surface area contributed by atoms with Gasteiger partial charge in [0, 0.05) is 36.5 Å². The van der Waals surface area contributed by atoms with Crippen LogP contribution in [0.5, 0.6) is 5.75 Å². The lowest BCUT2D eigenvalue weighted by molar-refractivity contribution is 0.0497. The number of hydrogen-bond acceptors (Lipinski definition) is 4. The van der Waals surface area contributed by atoms with Crippen LogP contribution in [0.25, 0.3) is 0 Å². The van der Waals surface area contributed by atoms with E-state index in [1.807, 2.05) is 70.1 Å². The van der Waals surface area contributed by atoms with Crippen LogP contribution in [0.4, 0.5) is 0 Å². The Morgan fingerprint density at radius 3 is 2.36 bits per heavy atom. The van der Waals surface area contributed by atoms with Gasteiger partial charge in [0.15, 0.2) is 0 Å². The molecule has 2 heterocycles. The number of carbonyl (C=O) groups excluding carboxylic acids is 2. The van der Waals surface area contributed by atoms with Gasteiger partial charge in [-0.05, 0) is 43.2 Å². The van der Waals surface area contributed by atoms with Gasteiger partial charge in [-0.1, -0.05) is 24.3 Å². The average Bonchev–Trinajstić information content (AvgIpc) is 3.16. The topological polar surface area (TPSA) is 49.9 Å². The van der Waals surface area contributed by atoms with Crippen LogP contribution in [0.2, 0.25) is 0 Å². The number of hydrogen-bond donors (Lipinski definition) is 0. The molecule has 6 heteroatoms. The van der Waals surface area contributed by atoms with Crippen molar-refractivity contribution in [2.45, 2.75) is 17.7 Å². The van der Waals surface area contributed by atoms with E-state index in [-0.39, 0.29) is 16.7 Å². The van der Waals surface area contributed by atoms with Crippen molar-refractivity contribution in [1.29, 1.82) is 0 Å². The SMILES string of the molecule is COc1cccc(C(=O)N2CCSC23CCN(C(=O)c2ccccc2)CC3)c1. The molecule has 0 radical (unpaired) electrons. The molecule has 146 valence electrons. The van der Waals surface area contributed by atoms with E-state index < -0.39 is 0 Å². The summed E-state index contributed by atoms with van der Waals surface area (Å²) in [6.07, 6.45) is 1.60. The van der Waals surface area contributed by atoms with Crippen LogP contribution in [0.1, 0.15) is 33.6 Å². The first-order valence-corrected chi connectivity index (χ1v) is 10.6. The van der Waals surface area contributed by atoms with E-state index in [1.165, 1.54) is 0 Å². The number of methoxy groups -OCH3 is 1. The highest BCUT2D eigenvalue weighted by Crippen LogP contribution is 2.44. The second kappa shape index (κ2) is 7.87. The first-order chi connectivity index (χ1) is 13.6. The third kappa shape index (κ3) is 3.49. The molecule has 4 rings (SSSR count). The smallest absolute Gasteiger partial charge is 0.255 e. The van der Waals surface area contributed by atoms with Crippen molar-refractivity contribution < 1.29 is 14.3 Å². The predicted octanol–water partition coefficient (Wildman–Crippen LogP) is 3.52. The lowest BCUT2D eigenvalue weighted by Crippen LogP contribution is -2.53. The summed E-state index contributed by atoms with van der Waals surface area (Å²) >= 11 is 1.85. The zero-order valence-electron chi connectivity index (χ0n) is 16.0. The zero-order chi connectivity index (χ0) is 19.6. The van der Waals surface area contributed by atoms with E-state index in [1.54, 1.807) is 13.2 Å². The molecule has 0 unspecified atom stereocenters. The van der Waals surface area contributed by atoms with Crippen LogP contribution >= 0.6 is 11.8 Å². The summed E-state index contributed by atoms with van der Waals surface area (Å²) in [5.41, 5.74) is 1.38. The van der Waals surface area contributed by atoms with Crippen LogP contribution in [0.15, 0.2) is 54.6 Å². The second-order valence-corrected chi connectivity index (χ2v) is 8.60. The minimum Gasteiger partial charge on any atom is -0.497 e. The van der Waals surface area contributed by atoms with Gasteiger partial charge < -0.3 is 14.5 Å². The summed E-state index contributed by atoms with van der Waals surface area (Å²) in [5, 5.41) is 0. The monoisotopic (exact) mass is 396 g/mol. The van der Waals surface area contributed by atoms with Gasteiger partial charge >= 0.3 is 0 Å². The molecule has 28 heavy (non-hydrogen) atoms. The number of rotatable bonds is 3. The van der Waals surface area contributed by atoms with Crippen LogP contribution in [-0.2, 0) is 0 Å². The van der Waals surface area contributed by atoms with E-state index in [0.717, 1.165) is 30.7 Å². The Bertz CT molecular complexity index is 863. The van der Waals surface area contributed by atoms with Gasteiger partial charge in [0.2, 0.25) is 0 Å². The van der Waals surface area contributed by atoms with Gasteiger partial charge in [-0.25, -0.2) is 0 Å². The van der Waals surface area contributed by atoms with Gasteiger partial charge in [-0.3, -0.25) is 9.59 Å².